The van der Waals surface area contributed by atoms with Crippen molar-refractivity contribution in [1.82, 2.24) is 5.32 Å². The van der Waals surface area contributed by atoms with E-state index in [4.69, 9.17) is 9.47 Å². The van der Waals surface area contributed by atoms with Crippen LogP contribution in [0.3, 0.4) is 0 Å². The molecule has 1 rings (SSSR count). The SMILES string of the molecule is CCCCCCCCCCCCCCCCCCCCC/C=C/CC/C=C/CC/C=C/C(O)C(COC1OC(CO)C(O)C(O)C1O)NC(=O)CCCCCCCCCCCCCCCCCCCCCCCCCCCCCCCCCCC. The van der Waals surface area contributed by atoms with Crippen LogP contribution < -0.4 is 5.32 Å². The molecule has 85 heavy (non-hydrogen) atoms. The summed E-state index contributed by atoms with van der Waals surface area (Å²) in [5.74, 6) is -0.182. The molecule has 0 aromatic heterocycles. The maximum Gasteiger partial charge on any atom is 0.220 e. The topological polar surface area (TPSA) is 149 Å². The summed E-state index contributed by atoms with van der Waals surface area (Å²) < 4.78 is 11.3. The fourth-order valence-electron chi connectivity index (χ4n) is 12.3. The monoisotopic (exact) mass is 1200 g/mol. The van der Waals surface area contributed by atoms with Crippen molar-refractivity contribution in [2.75, 3.05) is 13.2 Å². The molecule has 1 heterocycles. The molecule has 0 aromatic carbocycles. The van der Waals surface area contributed by atoms with Gasteiger partial charge in [-0.15, -0.1) is 0 Å². The number of hydrogen-bond acceptors (Lipinski definition) is 8. The molecule has 0 bridgehead atoms. The van der Waals surface area contributed by atoms with Crippen LogP contribution in [0.25, 0.3) is 0 Å². The van der Waals surface area contributed by atoms with Gasteiger partial charge in [-0.2, -0.15) is 0 Å². The first-order chi connectivity index (χ1) is 41.8. The number of aliphatic hydroxyl groups excluding tert-OH is 5. The van der Waals surface area contributed by atoms with Gasteiger partial charge in [0.1, 0.15) is 24.4 Å². The van der Waals surface area contributed by atoms with Crippen molar-refractivity contribution >= 4 is 5.91 Å². The maximum absolute atomic E-state index is 13.1. The summed E-state index contributed by atoms with van der Waals surface area (Å²) >= 11 is 0. The number of amides is 1. The highest BCUT2D eigenvalue weighted by molar-refractivity contribution is 5.76. The molecule has 7 atom stereocenters. The molecule has 7 unspecified atom stereocenters. The Balaban J connectivity index is 2.11. The van der Waals surface area contributed by atoms with E-state index < -0.39 is 49.5 Å². The number of unbranched alkanes of at least 4 members (excludes halogenated alkanes) is 53. The molecule has 1 aliphatic rings. The van der Waals surface area contributed by atoms with Gasteiger partial charge >= 0.3 is 0 Å². The first-order valence-corrected chi connectivity index (χ1v) is 37.7. The van der Waals surface area contributed by atoms with E-state index >= 15 is 0 Å². The maximum atomic E-state index is 13.1. The molecule has 1 fully saturated rings. The lowest BCUT2D eigenvalue weighted by atomic mass is 9.99. The van der Waals surface area contributed by atoms with E-state index in [-0.39, 0.29) is 12.5 Å². The molecule has 6 N–H and O–H groups in total. The summed E-state index contributed by atoms with van der Waals surface area (Å²) in [7, 11) is 0. The molecule has 0 aliphatic carbocycles. The largest absolute Gasteiger partial charge is 0.394 e. The first-order valence-electron chi connectivity index (χ1n) is 37.7. The lowest BCUT2D eigenvalue weighted by molar-refractivity contribution is -0.302. The van der Waals surface area contributed by atoms with Gasteiger partial charge in [-0.3, -0.25) is 4.79 Å². The van der Waals surface area contributed by atoms with E-state index in [2.05, 4.69) is 43.5 Å². The predicted molar refractivity (Wildman–Crippen MR) is 364 cm³/mol. The predicted octanol–water partition coefficient (Wildman–Crippen LogP) is 21.0. The Labute approximate surface area is 527 Å². The minimum absolute atomic E-state index is 0.182. The molecule has 0 saturated carbocycles. The number of rotatable bonds is 67. The highest BCUT2D eigenvalue weighted by Gasteiger charge is 2.44. The number of carbonyl (C=O) groups excluding carboxylic acids is 1. The molecular formula is C76H145NO8. The molecule has 502 valence electrons. The van der Waals surface area contributed by atoms with Crippen molar-refractivity contribution < 1.29 is 39.8 Å². The number of hydrogen-bond donors (Lipinski definition) is 6. The second kappa shape index (κ2) is 65.4. The Morgan fingerprint density at radius 2 is 0.671 bits per heavy atom. The molecule has 0 aromatic rings. The summed E-state index contributed by atoms with van der Waals surface area (Å²) in [6, 6.07) is -0.828. The van der Waals surface area contributed by atoms with E-state index in [1.54, 1.807) is 6.08 Å². The molecule has 9 nitrogen and oxygen atoms in total. The van der Waals surface area contributed by atoms with Crippen LogP contribution in [0.15, 0.2) is 36.5 Å². The molecule has 0 spiro atoms. The van der Waals surface area contributed by atoms with E-state index in [1.807, 2.05) is 6.08 Å². The zero-order chi connectivity index (χ0) is 61.4. The van der Waals surface area contributed by atoms with Crippen LogP contribution in [-0.2, 0) is 14.3 Å². The van der Waals surface area contributed by atoms with Crippen LogP contribution in [-0.4, -0.2) is 87.5 Å². The summed E-state index contributed by atoms with van der Waals surface area (Å²) in [4.78, 5) is 13.1. The smallest absolute Gasteiger partial charge is 0.220 e. The lowest BCUT2D eigenvalue weighted by Crippen LogP contribution is -2.60. The van der Waals surface area contributed by atoms with Crippen molar-refractivity contribution in [2.24, 2.45) is 0 Å². The highest BCUT2D eigenvalue weighted by Crippen LogP contribution is 2.24. The van der Waals surface area contributed by atoms with Crippen LogP contribution in [0.2, 0.25) is 0 Å². The summed E-state index contributed by atoms with van der Waals surface area (Å²) in [6.07, 6.45) is 81.4. The van der Waals surface area contributed by atoms with Crippen LogP contribution in [0.5, 0.6) is 0 Å². The van der Waals surface area contributed by atoms with Crippen molar-refractivity contribution in [3.05, 3.63) is 36.5 Å². The van der Waals surface area contributed by atoms with E-state index in [9.17, 15) is 30.3 Å². The Hall–Kier alpha value is -1.59. The molecule has 1 saturated heterocycles. The standard InChI is InChI=1S/C76H145NO8/c1-3-5-7-9-11-13-15-17-19-21-23-25-27-29-31-33-34-35-36-38-40-42-44-46-48-50-52-54-56-58-60-62-64-66-72(80)77-69(68-84-76-75(83)74(82)73(81)71(67-78)85-76)70(79)65-63-61-59-57-55-53-51-49-47-45-43-41-39-37-32-30-28-26-24-22-20-18-16-14-12-10-8-6-4-2/h47,49,55,57,63,65,69-71,73-76,78-79,81-83H,3-46,48,50-54,56,58-62,64,66-68H2,1-2H3,(H,77,80)/b49-47+,57-55+,65-63+. The van der Waals surface area contributed by atoms with Gasteiger partial charge in [-0.25, -0.2) is 0 Å². The Bertz CT molecular complexity index is 1440. The number of carbonyl (C=O) groups is 1. The van der Waals surface area contributed by atoms with Gasteiger partial charge in [-0.1, -0.05) is 371 Å². The third-order valence-corrected chi connectivity index (χ3v) is 18.2. The van der Waals surface area contributed by atoms with Gasteiger partial charge in [0.2, 0.25) is 5.91 Å². The molecule has 9 heteroatoms. The minimum atomic E-state index is -1.58. The van der Waals surface area contributed by atoms with Gasteiger partial charge in [-0.05, 0) is 44.9 Å². The summed E-state index contributed by atoms with van der Waals surface area (Å²) in [5.41, 5.74) is 0. The molecule has 1 aliphatic heterocycles. The second-order valence-corrected chi connectivity index (χ2v) is 26.4. The zero-order valence-electron chi connectivity index (χ0n) is 56.4. The molecular weight excluding hydrogens is 1050 g/mol. The van der Waals surface area contributed by atoms with Gasteiger partial charge in [0, 0.05) is 6.42 Å². The number of nitrogens with one attached hydrogen (secondary N) is 1. The fourth-order valence-corrected chi connectivity index (χ4v) is 12.3. The Morgan fingerprint density at radius 3 is 0.988 bits per heavy atom. The minimum Gasteiger partial charge on any atom is -0.394 e. The van der Waals surface area contributed by atoms with Crippen LogP contribution >= 0.6 is 0 Å². The lowest BCUT2D eigenvalue weighted by Gasteiger charge is -2.40. The molecule has 0 radical (unpaired) electrons. The average molecular weight is 1200 g/mol. The van der Waals surface area contributed by atoms with Gasteiger partial charge in [0.15, 0.2) is 6.29 Å². The second-order valence-electron chi connectivity index (χ2n) is 26.4. The van der Waals surface area contributed by atoms with Crippen molar-refractivity contribution in [2.45, 2.75) is 429 Å². The van der Waals surface area contributed by atoms with Crippen molar-refractivity contribution in [1.29, 1.82) is 0 Å². The van der Waals surface area contributed by atoms with E-state index in [1.165, 1.54) is 321 Å². The number of allylic oxidation sites excluding steroid dienone is 5. The average Bonchev–Trinajstić information content (AvgIpc) is 3.71. The zero-order valence-corrected chi connectivity index (χ0v) is 56.4. The fraction of sp³-hybridized carbons (Fsp3) is 0.908. The van der Waals surface area contributed by atoms with E-state index in [0.29, 0.717) is 6.42 Å². The van der Waals surface area contributed by atoms with Crippen molar-refractivity contribution in [3.8, 4) is 0 Å². The normalized spacial score (nSPS) is 18.2. The summed E-state index contributed by atoms with van der Waals surface area (Å²) in [6.45, 7) is 3.82. The van der Waals surface area contributed by atoms with Gasteiger partial charge in [0.25, 0.3) is 0 Å². The number of aliphatic hydroxyl groups is 5. The van der Waals surface area contributed by atoms with E-state index in [0.717, 1.165) is 44.9 Å². The third-order valence-electron chi connectivity index (χ3n) is 18.2. The Morgan fingerprint density at radius 1 is 0.388 bits per heavy atom. The quantitative estimate of drug-likeness (QED) is 0.0261. The Kier molecular flexibility index (Phi) is 62.6. The number of ether oxygens (including phenoxy) is 2. The van der Waals surface area contributed by atoms with Crippen LogP contribution in [0.4, 0.5) is 0 Å². The highest BCUT2D eigenvalue weighted by atomic mass is 16.7. The summed E-state index contributed by atoms with van der Waals surface area (Å²) in [5, 5.41) is 54.8. The third kappa shape index (κ3) is 53.9. The van der Waals surface area contributed by atoms with Crippen molar-refractivity contribution in [3.63, 3.8) is 0 Å². The van der Waals surface area contributed by atoms with Gasteiger partial charge in [0.05, 0.1) is 25.4 Å². The molecule has 1 amide bonds. The van der Waals surface area contributed by atoms with Crippen LogP contribution in [0, 0.1) is 0 Å². The van der Waals surface area contributed by atoms with Gasteiger partial charge < -0.3 is 40.3 Å². The first kappa shape index (κ1) is 81.4. The van der Waals surface area contributed by atoms with Crippen LogP contribution in [0.1, 0.15) is 386 Å².